The van der Waals surface area contributed by atoms with Gasteiger partial charge in [0, 0.05) is 5.92 Å². The van der Waals surface area contributed by atoms with Crippen LogP contribution in [-0.2, 0) is 20.9 Å². The monoisotopic (exact) mass is 461 g/mol. The van der Waals surface area contributed by atoms with Gasteiger partial charge in [0.1, 0.15) is 19.0 Å². The van der Waals surface area contributed by atoms with Gasteiger partial charge >= 0.3 is 12.1 Å². The van der Waals surface area contributed by atoms with Crippen LogP contribution in [0, 0.1) is 0 Å². The fourth-order valence-electron chi connectivity index (χ4n) is 4.11. The van der Waals surface area contributed by atoms with Crippen LogP contribution >= 0.6 is 0 Å². The van der Waals surface area contributed by atoms with E-state index in [4.69, 9.17) is 14.2 Å². The first kappa shape index (κ1) is 23.3. The number of carbonyl (C=O) groups excluding carboxylic acids is 2. The molecule has 1 aliphatic rings. The first-order valence-electron chi connectivity index (χ1n) is 11.1. The van der Waals surface area contributed by atoms with Gasteiger partial charge in [0.05, 0.1) is 13.2 Å². The molecule has 3 aromatic rings. The van der Waals surface area contributed by atoms with Gasteiger partial charge < -0.3 is 24.6 Å². The summed E-state index contributed by atoms with van der Waals surface area (Å²) in [5.74, 6) is -0.168. The number of aliphatic hydroxyl groups excluding tert-OH is 1. The van der Waals surface area contributed by atoms with Crippen LogP contribution in [0.5, 0.6) is 5.75 Å². The molecule has 176 valence electrons. The van der Waals surface area contributed by atoms with E-state index in [-0.39, 0.29) is 19.1 Å². The summed E-state index contributed by atoms with van der Waals surface area (Å²) < 4.78 is 15.9. The first-order valence-corrected chi connectivity index (χ1v) is 11.1. The lowest BCUT2D eigenvalue weighted by Gasteiger charge is -2.21. The fraction of sp³-hybridized carbons (Fsp3) is 0.259. The van der Waals surface area contributed by atoms with Crippen molar-refractivity contribution in [2.45, 2.75) is 31.6 Å². The van der Waals surface area contributed by atoms with Crippen LogP contribution in [0.25, 0.3) is 11.1 Å². The molecule has 0 unspecified atom stereocenters. The molecular formula is C27H27NO6. The van der Waals surface area contributed by atoms with Crippen molar-refractivity contribution in [3.8, 4) is 16.9 Å². The Bertz CT molecular complexity index is 1110. The number of aliphatic hydroxyl groups is 1. The van der Waals surface area contributed by atoms with Crippen LogP contribution in [0.2, 0.25) is 0 Å². The molecule has 3 aromatic carbocycles. The van der Waals surface area contributed by atoms with Gasteiger partial charge in [-0.05, 0) is 46.9 Å². The summed E-state index contributed by atoms with van der Waals surface area (Å²) in [5, 5.41) is 12.5. The lowest BCUT2D eigenvalue weighted by Crippen LogP contribution is -2.48. The van der Waals surface area contributed by atoms with Crippen LogP contribution < -0.4 is 10.1 Å². The van der Waals surface area contributed by atoms with Gasteiger partial charge in [-0.25, -0.2) is 9.59 Å². The highest BCUT2D eigenvalue weighted by molar-refractivity contribution is 5.82. The number of fused-ring (bicyclic) bond motifs is 3. The molecule has 2 N–H and O–H groups in total. The maximum Gasteiger partial charge on any atom is 0.407 e. The van der Waals surface area contributed by atoms with Crippen molar-refractivity contribution in [3.05, 3.63) is 89.5 Å². The summed E-state index contributed by atoms with van der Waals surface area (Å²) in [6.07, 6.45) is -1.96. The van der Waals surface area contributed by atoms with E-state index in [0.29, 0.717) is 5.75 Å². The van der Waals surface area contributed by atoms with E-state index in [1.54, 1.807) is 31.4 Å². The molecule has 1 amide bonds. The van der Waals surface area contributed by atoms with Crippen molar-refractivity contribution in [1.29, 1.82) is 0 Å². The number of rotatable bonds is 8. The van der Waals surface area contributed by atoms with Crippen molar-refractivity contribution in [2.24, 2.45) is 0 Å². The Morgan fingerprint density at radius 2 is 1.50 bits per heavy atom. The summed E-state index contributed by atoms with van der Waals surface area (Å²) in [5.41, 5.74) is 5.16. The van der Waals surface area contributed by atoms with Gasteiger partial charge in [-0.15, -0.1) is 0 Å². The highest BCUT2D eigenvalue weighted by Gasteiger charge is 2.31. The third-order valence-electron chi connectivity index (χ3n) is 5.89. The average Bonchev–Trinajstić information content (AvgIpc) is 3.18. The van der Waals surface area contributed by atoms with Crippen LogP contribution in [0.15, 0.2) is 72.8 Å². The van der Waals surface area contributed by atoms with E-state index in [1.165, 1.54) is 6.92 Å². The lowest BCUT2D eigenvalue weighted by atomic mass is 9.98. The second kappa shape index (κ2) is 10.4. The highest BCUT2D eigenvalue weighted by Crippen LogP contribution is 2.44. The van der Waals surface area contributed by atoms with Gasteiger partial charge in [0.2, 0.25) is 0 Å². The average molecular weight is 462 g/mol. The topological polar surface area (TPSA) is 94.1 Å². The summed E-state index contributed by atoms with van der Waals surface area (Å²) in [6, 6.07) is 21.8. The Morgan fingerprint density at radius 1 is 0.912 bits per heavy atom. The van der Waals surface area contributed by atoms with Gasteiger partial charge in [-0.3, -0.25) is 0 Å². The third kappa shape index (κ3) is 5.05. The standard InChI is InChI=1S/C27H27NO6/c1-17(29)25(26(30)33-15-18-11-13-19(32-2)14-12-18)28-27(31)34-16-24-22-9-5-3-7-20(22)21-8-4-6-10-23(21)24/h3-14,17,24-25,29H,15-16H2,1-2H3,(H,28,31)/t17-,25-/m0/s1. The quantitative estimate of drug-likeness (QED) is 0.492. The van der Waals surface area contributed by atoms with E-state index < -0.39 is 24.2 Å². The van der Waals surface area contributed by atoms with Gasteiger partial charge in [-0.1, -0.05) is 60.7 Å². The van der Waals surface area contributed by atoms with E-state index >= 15 is 0 Å². The van der Waals surface area contributed by atoms with E-state index in [9.17, 15) is 14.7 Å². The fourth-order valence-corrected chi connectivity index (χ4v) is 4.11. The number of ether oxygens (including phenoxy) is 3. The van der Waals surface area contributed by atoms with Gasteiger partial charge in [0.25, 0.3) is 0 Å². The highest BCUT2D eigenvalue weighted by atomic mass is 16.6. The number of amides is 1. The molecule has 2 atom stereocenters. The normalized spacial score (nSPS) is 13.9. The minimum Gasteiger partial charge on any atom is -0.497 e. The molecule has 0 fully saturated rings. The van der Waals surface area contributed by atoms with Crippen LogP contribution in [0.4, 0.5) is 4.79 Å². The molecule has 1 aliphatic carbocycles. The first-order chi connectivity index (χ1) is 16.5. The molecule has 0 aliphatic heterocycles. The second-order valence-corrected chi connectivity index (χ2v) is 8.14. The molecule has 0 spiro atoms. The molecule has 0 heterocycles. The minimum atomic E-state index is -1.26. The van der Waals surface area contributed by atoms with Crippen LogP contribution in [-0.4, -0.2) is 43.0 Å². The van der Waals surface area contributed by atoms with E-state index in [0.717, 1.165) is 27.8 Å². The number of carbonyl (C=O) groups is 2. The third-order valence-corrected chi connectivity index (χ3v) is 5.89. The number of esters is 1. The second-order valence-electron chi connectivity index (χ2n) is 8.14. The molecule has 4 rings (SSSR count). The molecule has 7 nitrogen and oxygen atoms in total. The predicted octanol–water partition coefficient (Wildman–Crippen LogP) is 4.03. The number of benzene rings is 3. The van der Waals surface area contributed by atoms with Gasteiger partial charge in [0.15, 0.2) is 6.04 Å². The van der Waals surface area contributed by atoms with Crippen molar-refractivity contribution >= 4 is 12.1 Å². The Hall–Kier alpha value is -3.84. The van der Waals surface area contributed by atoms with Crippen molar-refractivity contribution in [3.63, 3.8) is 0 Å². The van der Waals surface area contributed by atoms with Crippen LogP contribution in [0.1, 0.15) is 29.5 Å². The summed E-state index contributed by atoms with van der Waals surface area (Å²) in [7, 11) is 1.57. The zero-order valence-electron chi connectivity index (χ0n) is 19.1. The molecular weight excluding hydrogens is 434 g/mol. The summed E-state index contributed by atoms with van der Waals surface area (Å²) in [6.45, 7) is 1.51. The minimum absolute atomic E-state index is 0.00157. The zero-order chi connectivity index (χ0) is 24.1. The maximum absolute atomic E-state index is 12.5. The largest absolute Gasteiger partial charge is 0.497 e. The zero-order valence-corrected chi connectivity index (χ0v) is 19.1. The summed E-state index contributed by atoms with van der Waals surface area (Å²) in [4.78, 5) is 25.0. The van der Waals surface area contributed by atoms with E-state index in [2.05, 4.69) is 17.4 Å². The van der Waals surface area contributed by atoms with E-state index in [1.807, 2.05) is 36.4 Å². The number of nitrogens with one attached hydrogen (secondary N) is 1. The summed E-state index contributed by atoms with van der Waals surface area (Å²) >= 11 is 0. The number of hydrogen-bond donors (Lipinski definition) is 2. The Balaban J connectivity index is 1.35. The van der Waals surface area contributed by atoms with Crippen molar-refractivity contribution in [1.82, 2.24) is 5.32 Å². The van der Waals surface area contributed by atoms with Crippen molar-refractivity contribution in [2.75, 3.05) is 13.7 Å². The van der Waals surface area contributed by atoms with Crippen LogP contribution in [0.3, 0.4) is 0 Å². The smallest absolute Gasteiger partial charge is 0.407 e. The Kier molecular flexibility index (Phi) is 7.13. The molecule has 0 radical (unpaired) electrons. The van der Waals surface area contributed by atoms with Gasteiger partial charge in [-0.2, -0.15) is 0 Å². The molecule has 0 saturated heterocycles. The maximum atomic E-state index is 12.5. The number of alkyl carbamates (subject to hydrolysis) is 1. The predicted molar refractivity (Wildman–Crippen MR) is 126 cm³/mol. The number of hydrogen-bond acceptors (Lipinski definition) is 6. The number of methoxy groups -OCH3 is 1. The van der Waals surface area contributed by atoms with Crippen molar-refractivity contribution < 1.29 is 28.9 Å². The lowest BCUT2D eigenvalue weighted by molar-refractivity contribution is -0.150. The Morgan fingerprint density at radius 3 is 2.06 bits per heavy atom. The SMILES string of the molecule is COc1ccc(COC(=O)[C@@H](NC(=O)OCC2c3ccccc3-c3ccccc32)[C@H](C)O)cc1. The molecule has 0 aromatic heterocycles. The molecule has 34 heavy (non-hydrogen) atoms. The Labute approximate surface area is 198 Å². The molecule has 0 saturated carbocycles. The molecule has 0 bridgehead atoms. The molecule has 7 heteroatoms.